The van der Waals surface area contributed by atoms with Crippen molar-refractivity contribution >= 4 is 5.84 Å². The monoisotopic (exact) mass is 293 g/mol. The fourth-order valence-corrected chi connectivity index (χ4v) is 1.82. The first kappa shape index (κ1) is 15.6. The first-order valence-corrected chi connectivity index (χ1v) is 7.29. The maximum Gasteiger partial charge on any atom is 0.170 e. The number of amidine groups is 1. The number of hydrogen-bond donors (Lipinski definition) is 3. The zero-order chi connectivity index (χ0) is 14.9. The standard InChI is InChI=1S/C15H23N3O3/c16-15(18-19)13-3-5-14(6-4-13)21-10-8-17-7-9-20-11-12-1-2-12/h3-6,12,17,19H,1-2,7-11H2,(H2,16,18). The molecule has 0 unspecified atom stereocenters. The predicted octanol–water partition coefficient (Wildman–Crippen LogP) is 1.18. The number of rotatable bonds is 10. The third kappa shape index (κ3) is 6.01. The van der Waals surface area contributed by atoms with Crippen molar-refractivity contribution in [1.29, 1.82) is 0 Å². The molecule has 116 valence electrons. The second kappa shape index (κ2) is 8.49. The fourth-order valence-electron chi connectivity index (χ4n) is 1.82. The molecule has 1 fully saturated rings. The number of hydrogen-bond acceptors (Lipinski definition) is 5. The van der Waals surface area contributed by atoms with E-state index >= 15 is 0 Å². The molecule has 0 heterocycles. The van der Waals surface area contributed by atoms with Crippen LogP contribution in [0.25, 0.3) is 0 Å². The molecule has 0 atom stereocenters. The van der Waals surface area contributed by atoms with E-state index in [1.165, 1.54) is 12.8 Å². The quantitative estimate of drug-likeness (QED) is 0.198. The Balaban J connectivity index is 1.51. The van der Waals surface area contributed by atoms with Crippen LogP contribution >= 0.6 is 0 Å². The van der Waals surface area contributed by atoms with Crippen LogP contribution in [0.15, 0.2) is 29.4 Å². The summed E-state index contributed by atoms with van der Waals surface area (Å²) in [6.07, 6.45) is 2.66. The summed E-state index contributed by atoms with van der Waals surface area (Å²) in [5.74, 6) is 1.67. The predicted molar refractivity (Wildman–Crippen MR) is 80.9 cm³/mol. The van der Waals surface area contributed by atoms with Crippen LogP contribution in [0.3, 0.4) is 0 Å². The van der Waals surface area contributed by atoms with E-state index in [1.807, 2.05) is 0 Å². The van der Waals surface area contributed by atoms with Gasteiger partial charge in [0.1, 0.15) is 12.4 Å². The molecule has 0 saturated heterocycles. The number of oxime groups is 1. The highest BCUT2D eigenvalue weighted by atomic mass is 16.5. The molecule has 0 radical (unpaired) electrons. The summed E-state index contributed by atoms with van der Waals surface area (Å²) in [6, 6.07) is 7.10. The summed E-state index contributed by atoms with van der Waals surface area (Å²) < 4.78 is 11.1. The normalized spacial score (nSPS) is 15.1. The lowest BCUT2D eigenvalue weighted by molar-refractivity contribution is 0.125. The Kier molecular flexibility index (Phi) is 6.30. The molecule has 0 aromatic heterocycles. The van der Waals surface area contributed by atoms with Gasteiger partial charge < -0.3 is 25.7 Å². The Morgan fingerprint density at radius 3 is 2.62 bits per heavy atom. The van der Waals surface area contributed by atoms with Crippen LogP contribution in [0.1, 0.15) is 18.4 Å². The SMILES string of the molecule is N/C(=N/O)c1ccc(OCCNCCOCC2CC2)cc1. The lowest BCUT2D eigenvalue weighted by atomic mass is 10.2. The number of nitrogens with zero attached hydrogens (tertiary/aromatic N) is 1. The number of nitrogens with one attached hydrogen (secondary N) is 1. The van der Waals surface area contributed by atoms with E-state index in [0.29, 0.717) is 12.2 Å². The van der Waals surface area contributed by atoms with Gasteiger partial charge in [0, 0.05) is 25.3 Å². The average Bonchev–Trinajstić information content (AvgIpc) is 3.34. The minimum atomic E-state index is 0.0921. The zero-order valence-electron chi connectivity index (χ0n) is 12.1. The van der Waals surface area contributed by atoms with Gasteiger partial charge in [-0.15, -0.1) is 0 Å². The second-order valence-electron chi connectivity index (χ2n) is 5.13. The zero-order valence-corrected chi connectivity index (χ0v) is 12.1. The van der Waals surface area contributed by atoms with Gasteiger partial charge in [-0.1, -0.05) is 5.16 Å². The van der Waals surface area contributed by atoms with E-state index in [1.54, 1.807) is 24.3 Å². The van der Waals surface area contributed by atoms with Crippen LogP contribution in [0.2, 0.25) is 0 Å². The van der Waals surface area contributed by atoms with Crippen molar-refractivity contribution in [2.24, 2.45) is 16.8 Å². The molecule has 1 aliphatic rings. The van der Waals surface area contributed by atoms with Crippen molar-refractivity contribution in [2.75, 3.05) is 32.9 Å². The van der Waals surface area contributed by atoms with Crippen molar-refractivity contribution in [2.45, 2.75) is 12.8 Å². The maximum absolute atomic E-state index is 8.57. The van der Waals surface area contributed by atoms with Crippen molar-refractivity contribution < 1.29 is 14.7 Å². The molecule has 1 aromatic rings. The van der Waals surface area contributed by atoms with Crippen molar-refractivity contribution in [3.63, 3.8) is 0 Å². The Morgan fingerprint density at radius 1 is 1.24 bits per heavy atom. The van der Waals surface area contributed by atoms with Crippen LogP contribution in [0.5, 0.6) is 5.75 Å². The van der Waals surface area contributed by atoms with Gasteiger partial charge in [-0.25, -0.2) is 0 Å². The minimum Gasteiger partial charge on any atom is -0.492 e. The van der Waals surface area contributed by atoms with Crippen LogP contribution in [-0.2, 0) is 4.74 Å². The van der Waals surface area contributed by atoms with E-state index < -0.39 is 0 Å². The Morgan fingerprint density at radius 2 is 1.95 bits per heavy atom. The van der Waals surface area contributed by atoms with Crippen LogP contribution in [0.4, 0.5) is 0 Å². The summed E-state index contributed by atoms with van der Waals surface area (Å²) in [5, 5.41) is 14.8. The first-order valence-electron chi connectivity index (χ1n) is 7.29. The smallest absolute Gasteiger partial charge is 0.170 e. The highest BCUT2D eigenvalue weighted by Crippen LogP contribution is 2.28. The molecule has 21 heavy (non-hydrogen) atoms. The molecular formula is C15H23N3O3. The lowest BCUT2D eigenvalue weighted by Gasteiger charge is -2.08. The highest BCUT2D eigenvalue weighted by molar-refractivity contribution is 5.97. The van der Waals surface area contributed by atoms with Gasteiger partial charge in [-0.2, -0.15) is 0 Å². The molecule has 6 heteroatoms. The van der Waals surface area contributed by atoms with Gasteiger partial charge in [0.05, 0.1) is 6.61 Å². The van der Waals surface area contributed by atoms with E-state index in [2.05, 4.69) is 10.5 Å². The van der Waals surface area contributed by atoms with E-state index in [0.717, 1.165) is 38.0 Å². The van der Waals surface area contributed by atoms with Crippen LogP contribution in [0, 0.1) is 5.92 Å². The first-order chi connectivity index (χ1) is 10.3. The summed E-state index contributed by atoms with van der Waals surface area (Å²) in [7, 11) is 0. The number of nitrogens with two attached hydrogens (primary N) is 1. The molecule has 0 spiro atoms. The van der Waals surface area contributed by atoms with E-state index in [4.69, 9.17) is 20.4 Å². The Hall–Kier alpha value is -1.79. The van der Waals surface area contributed by atoms with E-state index in [-0.39, 0.29) is 5.84 Å². The molecule has 4 N–H and O–H groups in total. The van der Waals surface area contributed by atoms with Gasteiger partial charge in [-0.3, -0.25) is 0 Å². The maximum atomic E-state index is 8.57. The molecular weight excluding hydrogens is 270 g/mol. The molecule has 6 nitrogen and oxygen atoms in total. The number of benzene rings is 1. The molecule has 1 aliphatic carbocycles. The van der Waals surface area contributed by atoms with Crippen molar-refractivity contribution in [1.82, 2.24) is 5.32 Å². The molecule has 1 saturated carbocycles. The van der Waals surface area contributed by atoms with Crippen LogP contribution in [-0.4, -0.2) is 44.0 Å². The molecule has 2 rings (SSSR count). The summed E-state index contributed by atoms with van der Waals surface area (Å²) in [4.78, 5) is 0. The molecule has 1 aromatic carbocycles. The van der Waals surface area contributed by atoms with Gasteiger partial charge in [0.15, 0.2) is 5.84 Å². The summed E-state index contributed by atoms with van der Waals surface area (Å²) in [5.41, 5.74) is 6.15. The van der Waals surface area contributed by atoms with Crippen LogP contribution < -0.4 is 15.8 Å². The summed E-state index contributed by atoms with van der Waals surface area (Å²) >= 11 is 0. The van der Waals surface area contributed by atoms with Gasteiger partial charge >= 0.3 is 0 Å². The third-order valence-corrected chi connectivity index (χ3v) is 3.28. The molecule has 0 aliphatic heterocycles. The highest BCUT2D eigenvalue weighted by Gasteiger charge is 2.20. The largest absolute Gasteiger partial charge is 0.492 e. The molecule has 0 amide bonds. The Bertz CT molecular complexity index is 444. The third-order valence-electron chi connectivity index (χ3n) is 3.28. The minimum absolute atomic E-state index is 0.0921. The molecule has 0 bridgehead atoms. The summed E-state index contributed by atoms with van der Waals surface area (Å²) in [6.45, 7) is 3.87. The Labute approximate surface area is 124 Å². The van der Waals surface area contributed by atoms with E-state index in [9.17, 15) is 0 Å². The topological polar surface area (TPSA) is 89.1 Å². The average molecular weight is 293 g/mol. The van der Waals surface area contributed by atoms with Gasteiger partial charge in [0.25, 0.3) is 0 Å². The fraction of sp³-hybridized carbons (Fsp3) is 0.533. The number of ether oxygens (including phenoxy) is 2. The van der Waals surface area contributed by atoms with Crippen molar-refractivity contribution in [3.8, 4) is 5.75 Å². The lowest BCUT2D eigenvalue weighted by Crippen LogP contribution is -2.25. The van der Waals surface area contributed by atoms with Crippen molar-refractivity contribution in [3.05, 3.63) is 29.8 Å². The van der Waals surface area contributed by atoms with Gasteiger partial charge in [-0.05, 0) is 43.0 Å². The van der Waals surface area contributed by atoms with Gasteiger partial charge in [0.2, 0.25) is 0 Å². The second-order valence-corrected chi connectivity index (χ2v) is 5.13.